The van der Waals surface area contributed by atoms with Gasteiger partial charge in [0.15, 0.2) is 0 Å². The van der Waals surface area contributed by atoms with Crippen LogP contribution in [0.25, 0.3) is 11.3 Å². The fourth-order valence-electron chi connectivity index (χ4n) is 4.78. The van der Waals surface area contributed by atoms with Crippen molar-refractivity contribution in [1.82, 2.24) is 9.97 Å². The zero-order valence-corrected chi connectivity index (χ0v) is 20.0. The summed E-state index contributed by atoms with van der Waals surface area (Å²) >= 11 is 0. The summed E-state index contributed by atoms with van der Waals surface area (Å²) < 4.78 is 44.1. The molecule has 3 heterocycles. The molecular weight excluding hydrogens is 453 g/mol. The third-order valence-corrected chi connectivity index (χ3v) is 6.61. The lowest BCUT2D eigenvalue weighted by Crippen LogP contribution is -2.55. The van der Waals surface area contributed by atoms with Crippen LogP contribution in [0, 0.1) is 23.4 Å². The van der Waals surface area contributed by atoms with Crippen LogP contribution in [0.3, 0.4) is 0 Å². The van der Waals surface area contributed by atoms with Crippen molar-refractivity contribution in [2.24, 2.45) is 11.7 Å². The SMILES string of the molecule is CCCc1cc(F)c(-c2nc(CCc3cnccc3N3C[C@@H](N)[C@H](O)[C@@H](C)C3)ccc2F)c(F)c1. The van der Waals surface area contributed by atoms with Gasteiger partial charge >= 0.3 is 0 Å². The summed E-state index contributed by atoms with van der Waals surface area (Å²) in [6.07, 6.45) is 5.20. The van der Waals surface area contributed by atoms with Gasteiger partial charge in [-0.05, 0) is 60.7 Å². The molecule has 0 spiro atoms. The second-order valence-corrected chi connectivity index (χ2v) is 9.36. The standard InChI is InChI=1S/C27H31F3N4O/c1-3-4-17-11-21(29)25(22(30)12-17)26-20(28)8-7-19(33-26)6-5-18-13-32-10-9-24(18)34-14-16(2)27(35)23(31)15-34/h7-13,16,23,27,35H,3-6,14-15,31H2,1-2H3/t16-,23+,27+/m0/s1. The van der Waals surface area contributed by atoms with Crippen LogP contribution in [0.1, 0.15) is 37.1 Å². The first-order chi connectivity index (χ1) is 16.8. The molecule has 1 aliphatic heterocycles. The van der Waals surface area contributed by atoms with Gasteiger partial charge in [0.1, 0.15) is 23.1 Å². The van der Waals surface area contributed by atoms with Crippen molar-refractivity contribution in [1.29, 1.82) is 0 Å². The number of nitrogens with two attached hydrogens (primary N) is 1. The summed E-state index contributed by atoms with van der Waals surface area (Å²) in [4.78, 5) is 10.7. The van der Waals surface area contributed by atoms with Gasteiger partial charge in [0, 0.05) is 48.8 Å². The fraction of sp³-hybridized carbons (Fsp3) is 0.407. The van der Waals surface area contributed by atoms with E-state index in [1.165, 1.54) is 24.3 Å². The van der Waals surface area contributed by atoms with E-state index in [2.05, 4.69) is 14.9 Å². The molecule has 3 atom stereocenters. The zero-order chi connectivity index (χ0) is 25.1. The number of halogens is 3. The molecule has 1 fully saturated rings. The van der Waals surface area contributed by atoms with Crippen LogP contribution in [0.15, 0.2) is 42.7 Å². The van der Waals surface area contributed by atoms with Gasteiger partial charge in [-0.2, -0.15) is 0 Å². The number of piperidine rings is 1. The zero-order valence-electron chi connectivity index (χ0n) is 20.0. The number of aryl methyl sites for hydroxylation is 3. The third-order valence-electron chi connectivity index (χ3n) is 6.61. The summed E-state index contributed by atoms with van der Waals surface area (Å²) in [6.45, 7) is 5.08. The molecule has 35 heavy (non-hydrogen) atoms. The van der Waals surface area contributed by atoms with Crippen LogP contribution in [-0.2, 0) is 19.3 Å². The van der Waals surface area contributed by atoms with Crippen LogP contribution in [0.5, 0.6) is 0 Å². The summed E-state index contributed by atoms with van der Waals surface area (Å²) in [5, 5.41) is 10.2. The van der Waals surface area contributed by atoms with E-state index >= 15 is 0 Å². The monoisotopic (exact) mass is 484 g/mol. The minimum absolute atomic E-state index is 0.0228. The number of pyridine rings is 2. The van der Waals surface area contributed by atoms with Gasteiger partial charge in [-0.15, -0.1) is 0 Å². The lowest BCUT2D eigenvalue weighted by molar-refractivity contribution is 0.0784. The topological polar surface area (TPSA) is 75.3 Å². The number of rotatable bonds is 7. The van der Waals surface area contributed by atoms with Gasteiger partial charge in [0.05, 0.1) is 11.7 Å². The second-order valence-electron chi connectivity index (χ2n) is 9.36. The lowest BCUT2D eigenvalue weighted by atomic mass is 9.92. The Hall–Kier alpha value is -2.97. The predicted molar refractivity (Wildman–Crippen MR) is 131 cm³/mol. The molecule has 0 radical (unpaired) electrons. The van der Waals surface area contributed by atoms with Gasteiger partial charge in [0.2, 0.25) is 0 Å². The maximum Gasteiger partial charge on any atom is 0.149 e. The minimum Gasteiger partial charge on any atom is -0.391 e. The van der Waals surface area contributed by atoms with Crippen molar-refractivity contribution in [2.75, 3.05) is 18.0 Å². The highest BCUT2D eigenvalue weighted by Crippen LogP contribution is 2.30. The smallest absolute Gasteiger partial charge is 0.149 e. The molecule has 0 aliphatic carbocycles. The van der Waals surface area contributed by atoms with Gasteiger partial charge in [-0.1, -0.05) is 20.3 Å². The Kier molecular flexibility index (Phi) is 7.72. The Bertz CT molecular complexity index is 1150. The van der Waals surface area contributed by atoms with E-state index in [-0.39, 0.29) is 17.7 Å². The summed E-state index contributed by atoms with van der Waals surface area (Å²) in [7, 11) is 0. The molecule has 1 aromatic carbocycles. The van der Waals surface area contributed by atoms with Crippen LogP contribution < -0.4 is 10.6 Å². The Morgan fingerprint density at radius 1 is 1.03 bits per heavy atom. The number of benzene rings is 1. The van der Waals surface area contributed by atoms with Gasteiger partial charge in [-0.25, -0.2) is 18.2 Å². The Balaban J connectivity index is 1.57. The van der Waals surface area contributed by atoms with E-state index in [4.69, 9.17) is 5.73 Å². The molecular formula is C27H31F3N4O. The van der Waals surface area contributed by atoms with Crippen molar-refractivity contribution in [3.05, 3.63) is 77.0 Å². The van der Waals surface area contributed by atoms with Crippen LogP contribution in [0.2, 0.25) is 0 Å². The molecule has 5 nitrogen and oxygen atoms in total. The third kappa shape index (κ3) is 5.49. The van der Waals surface area contributed by atoms with Gasteiger partial charge in [-0.3, -0.25) is 4.98 Å². The molecule has 2 aromatic heterocycles. The average Bonchev–Trinajstić information content (AvgIpc) is 2.82. The molecule has 3 N–H and O–H groups in total. The molecule has 4 rings (SSSR count). The first-order valence-corrected chi connectivity index (χ1v) is 12.0. The maximum atomic E-state index is 14.7. The Morgan fingerprint density at radius 3 is 2.46 bits per heavy atom. The first kappa shape index (κ1) is 25.1. The fourth-order valence-corrected chi connectivity index (χ4v) is 4.78. The van der Waals surface area contributed by atoms with Crippen LogP contribution >= 0.6 is 0 Å². The molecule has 0 amide bonds. The highest BCUT2D eigenvalue weighted by atomic mass is 19.1. The summed E-state index contributed by atoms with van der Waals surface area (Å²) in [5.74, 6) is -2.38. The second kappa shape index (κ2) is 10.7. The van der Waals surface area contributed by atoms with Crippen molar-refractivity contribution < 1.29 is 18.3 Å². The largest absolute Gasteiger partial charge is 0.391 e. The van der Waals surface area contributed by atoms with E-state index in [0.717, 1.165) is 17.7 Å². The predicted octanol–water partition coefficient (Wildman–Crippen LogP) is 4.44. The first-order valence-electron chi connectivity index (χ1n) is 12.0. The molecule has 0 unspecified atom stereocenters. The van der Waals surface area contributed by atoms with E-state index in [1.807, 2.05) is 19.9 Å². The lowest BCUT2D eigenvalue weighted by Gasteiger charge is -2.40. The van der Waals surface area contributed by atoms with E-state index < -0.39 is 29.1 Å². The van der Waals surface area contributed by atoms with E-state index in [1.54, 1.807) is 12.4 Å². The van der Waals surface area contributed by atoms with Crippen LogP contribution in [-0.4, -0.2) is 40.3 Å². The van der Waals surface area contributed by atoms with Crippen molar-refractivity contribution in [2.45, 2.75) is 51.7 Å². The molecule has 1 saturated heterocycles. The Labute approximate surface area is 203 Å². The number of aromatic nitrogens is 2. The normalized spacial score (nSPS) is 20.3. The van der Waals surface area contributed by atoms with Crippen molar-refractivity contribution in [3.63, 3.8) is 0 Å². The van der Waals surface area contributed by atoms with Crippen LogP contribution in [0.4, 0.5) is 18.9 Å². The molecule has 3 aromatic rings. The maximum absolute atomic E-state index is 14.7. The highest BCUT2D eigenvalue weighted by molar-refractivity contribution is 5.62. The van der Waals surface area contributed by atoms with E-state index in [0.29, 0.717) is 43.6 Å². The molecule has 8 heteroatoms. The van der Waals surface area contributed by atoms with E-state index in [9.17, 15) is 18.3 Å². The molecule has 0 saturated carbocycles. The van der Waals surface area contributed by atoms with Crippen molar-refractivity contribution in [3.8, 4) is 11.3 Å². The Morgan fingerprint density at radius 2 is 1.77 bits per heavy atom. The molecule has 186 valence electrons. The number of hydrogen-bond donors (Lipinski definition) is 2. The summed E-state index contributed by atoms with van der Waals surface area (Å²) in [5.41, 5.74) is 8.35. The number of aliphatic hydroxyl groups excluding tert-OH is 1. The number of nitrogens with zero attached hydrogens (tertiary/aromatic N) is 3. The highest BCUT2D eigenvalue weighted by Gasteiger charge is 2.31. The molecule has 1 aliphatic rings. The number of anilines is 1. The number of aliphatic hydroxyl groups is 1. The minimum atomic E-state index is -0.815. The average molecular weight is 485 g/mol. The van der Waals surface area contributed by atoms with Gasteiger partial charge < -0.3 is 15.7 Å². The summed E-state index contributed by atoms with van der Waals surface area (Å²) in [6, 6.07) is 6.80. The van der Waals surface area contributed by atoms with Crippen molar-refractivity contribution >= 4 is 5.69 Å². The quantitative estimate of drug-likeness (QED) is 0.519. The molecule has 0 bridgehead atoms. The number of hydrogen-bond acceptors (Lipinski definition) is 5. The van der Waals surface area contributed by atoms with Gasteiger partial charge in [0.25, 0.3) is 0 Å².